The van der Waals surface area contributed by atoms with Gasteiger partial charge in [-0.1, -0.05) is 0 Å². The predicted molar refractivity (Wildman–Crippen MR) is 48.5 cm³/mol. The summed E-state index contributed by atoms with van der Waals surface area (Å²) < 4.78 is 23.8. The van der Waals surface area contributed by atoms with Gasteiger partial charge in [0.05, 0.1) is 6.26 Å². The van der Waals surface area contributed by atoms with Crippen molar-refractivity contribution in [1.29, 1.82) is 0 Å². The van der Waals surface area contributed by atoms with Crippen LogP contribution in [0.4, 0.5) is 0 Å². The van der Waals surface area contributed by atoms with E-state index in [1.165, 1.54) is 6.26 Å². The highest BCUT2D eigenvalue weighted by atomic mass is 32.2. The normalized spacial score (nSPS) is 23.1. The van der Waals surface area contributed by atoms with E-state index in [2.05, 4.69) is 5.32 Å². The van der Waals surface area contributed by atoms with Crippen LogP contribution in [0.15, 0.2) is 0 Å². The Labute approximate surface area is 74.0 Å². The molecule has 1 fully saturated rings. The summed E-state index contributed by atoms with van der Waals surface area (Å²) in [4.78, 5) is 0. The SMILES string of the molecule is CS(=O)(=O)N1CCCCNCC1. The fourth-order valence-corrected chi connectivity index (χ4v) is 2.19. The minimum Gasteiger partial charge on any atom is -0.315 e. The molecule has 5 heteroatoms. The van der Waals surface area contributed by atoms with Crippen molar-refractivity contribution in [1.82, 2.24) is 9.62 Å². The molecular formula is C7H16N2O2S. The van der Waals surface area contributed by atoms with E-state index in [0.29, 0.717) is 13.1 Å². The van der Waals surface area contributed by atoms with Crippen LogP contribution in [-0.2, 0) is 10.0 Å². The third-order valence-corrected chi connectivity index (χ3v) is 3.32. The van der Waals surface area contributed by atoms with Crippen LogP contribution in [0.2, 0.25) is 0 Å². The van der Waals surface area contributed by atoms with E-state index in [9.17, 15) is 8.42 Å². The maximum Gasteiger partial charge on any atom is 0.211 e. The fourth-order valence-electron chi connectivity index (χ4n) is 1.31. The van der Waals surface area contributed by atoms with E-state index in [4.69, 9.17) is 0 Å². The molecule has 0 aliphatic carbocycles. The third-order valence-electron chi connectivity index (χ3n) is 2.02. The molecule has 0 atom stereocenters. The number of nitrogens with one attached hydrogen (secondary N) is 1. The van der Waals surface area contributed by atoms with Crippen LogP contribution < -0.4 is 5.32 Å². The molecule has 1 saturated heterocycles. The van der Waals surface area contributed by atoms with E-state index in [0.717, 1.165) is 25.9 Å². The highest BCUT2D eigenvalue weighted by Gasteiger charge is 2.16. The summed E-state index contributed by atoms with van der Waals surface area (Å²) in [6.45, 7) is 3.07. The van der Waals surface area contributed by atoms with Crippen LogP contribution in [0.3, 0.4) is 0 Å². The van der Waals surface area contributed by atoms with E-state index >= 15 is 0 Å². The largest absolute Gasteiger partial charge is 0.315 e. The molecule has 0 aromatic heterocycles. The minimum atomic E-state index is -2.97. The molecule has 1 heterocycles. The van der Waals surface area contributed by atoms with Gasteiger partial charge < -0.3 is 5.32 Å². The van der Waals surface area contributed by atoms with Gasteiger partial charge in [-0.2, -0.15) is 0 Å². The molecule has 0 saturated carbocycles. The molecule has 0 bridgehead atoms. The van der Waals surface area contributed by atoms with Crippen molar-refractivity contribution in [3.05, 3.63) is 0 Å². The van der Waals surface area contributed by atoms with Gasteiger partial charge in [-0.3, -0.25) is 0 Å². The molecule has 0 amide bonds. The molecule has 0 radical (unpaired) electrons. The second-order valence-electron chi connectivity index (χ2n) is 3.12. The zero-order chi connectivity index (χ0) is 9.03. The van der Waals surface area contributed by atoms with E-state index in [-0.39, 0.29) is 0 Å². The standard InChI is InChI=1S/C7H16N2O2S/c1-12(10,11)9-6-3-2-4-8-5-7-9/h8H,2-7H2,1H3. The maximum atomic E-state index is 11.1. The van der Waals surface area contributed by atoms with E-state index < -0.39 is 10.0 Å². The summed E-state index contributed by atoms with van der Waals surface area (Å²) in [6, 6.07) is 0. The lowest BCUT2D eigenvalue weighted by Crippen LogP contribution is -2.39. The van der Waals surface area contributed by atoms with Gasteiger partial charge in [0.1, 0.15) is 0 Å². The first-order chi connectivity index (χ1) is 5.61. The van der Waals surface area contributed by atoms with E-state index in [1.54, 1.807) is 4.31 Å². The Kier molecular flexibility index (Phi) is 3.49. The molecule has 1 N–H and O–H groups in total. The Bertz CT molecular complexity index is 218. The van der Waals surface area contributed by atoms with Crippen LogP contribution in [0.25, 0.3) is 0 Å². The third kappa shape index (κ3) is 3.08. The van der Waals surface area contributed by atoms with Gasteiger partial charge in [0, 0.05) is 19.6 Å². The topological polar surface area (TPSA) is 49.4 Å². The molecule has 1 rings (SSSR count). The molecular weight excluding hydrogens is 176 g/mol. The lowest BCUT2D eigenvalue weighted by atomic mass is 10.3. The summed E-state index contributed by atoms with van der Waals surface area (Å²) in [6.07, 6.45) is 3.29. The number of nitrogens with zero attached hydrogens (tertiary/aromatic N) is 1. The van der Waals surface area contributed by atoms with Crippen LogP contribution in [-0.4, -0.2) is 45.2 Å². The fraction of sp³-hybridized carbons (Fsp3) is 1.00. The first-order valence-corrected chi connectivity index (χ1v) is 6.11. The Morgan fingerprint density at radius 1 is 1.17 bits per heavy atom. The molecule has 1 aliphatic rings. The lowest BCUT2D eigenvalue weighted by molar-refractivity contribution is 0.375. The second-order valence-corrected chi connectivity index (χ2v) is 5.10. The second kappa shape index (κ2) is 4.20. The average molecular weight is 192 g/mol. The Hall–Kier alpha value is -0.130. The van der Waals surface area contributed by atoms with Crippen LogP contribution >= 0.6 is 0 Å². The molecule has 0 aromatic rings. The summed E-state index contributed by atoms with van der Waals surface area (Å²) in [5.41, 5.74) is 0. The first kappa shape index (κ1) is 9.95. The molecule has 0 aromatic carbocycles. The highest BCUT2D eigenvalue weighted by Crippen LogP contribution is 2.02. The molecule has 72 valence electrons. The van der Waals surface area contributed by atoms with Crippen molar-refractivity contribution >= 4 is 10.0 Å². The number of hydrogen-bond donors (Lipinski definition) is 1. The van der Waals surface area contributed by atoms with Crippen LogP contribution in [0, 0.1) is 0 Å². The van der Waals surface area contributed by atoms with Crippen LogP contribution in [0.5, 0.6) is 0 Å². The lowest BCUT2D eigenvalue weighted by Gasteiger charge is -2.22. The monoisotopic (exact) mass is 192 g/mol. The van der Waals surface area contributed by atoms with E-state index in [1.807, 2.05) is 0 Å². The summed E-state index contributed by atoms with van der Waals surface area (Å²) in [7, 11) is -2.97. The summed E-state index contributed by atoms with van der Waals surface area (Å²) in [5.74, 6) is 0. The van der Waals surface area contributed by atoms with Crippen molar-refractivity contribution in [3.63, 3.8) is 0 Å². The number of sulfonamides is 1. The van der Waals surface area contributed by atoms with Crippen molar-refractivity contribution in [2.45, 2.75) is 12.8 Å². The number of rotatable bonds is 1. The van der Waals surface area contributed by atoms with Crippen molar-refractivity contribution in [3.8, 4) is 0 Å². The molecule has 0 spiro atoms. The van der Waals surface area contributed by atoms with Gasteiger partial charge >= 0.3 is 0 Å². The number of hydrogen-bond acceptors (Lipinski definition) is 3. The van der Waals surface area contributed by atoms with Crippen LogP contribution in [0.1, 0.15) is 12.8 Å². The Morgan fingerprint density at radius 3 is 2.58 bits per heavy atom. The average Bonchev–Trinajstić information content (AvgIpc) is 1.81. The van der Waals surface area contributed by atoms with Gasteiger partial charge in [0.2, 0.25) is 10.0 Å². The first-order valence-electron chi connectivity index (χ1n) is 4.26. The van der Waals surface area contributed by atoms with Gasteiger partial charge in [0.25, 0.3) is 0 Å². The predicted octanol–water partition coefficient (Wildman–Crippen LogP) is -0.369. The van der Waals surface area contributed by atoms with Gasteiger partial charge in [-0.05, 0) is 19.4 Å². The highest BCUT2D eigenvalue weighted by molar-refractivity contribution is 7.88. The van der Waals surface area contributed by atoms with Crippen molar-refractivity contribution < 1.29 is 8.42 Å². The molecule has 4 nitrogen and oxygen atoms in total. The smallest absolute Gasteiger partial charge is 0.211 e. The summed E-state index contributed by atoms with van der Waals surface area (Å²) in [5, 5.41) is 3.18. The zero-order valence-electron chi connectivity index (χ0n) is 7.41. The summed E-state index contributed by atoms with van der Waals surface area (Å²) >= 11 is 0. The Morgan fingerprint density at radius 2 is 1.92 bits per heavy atom. The van der Waals surface area contributed by atoms with Gasteiger partial charge in [0.15, 0.2) is 0 Å². The maximum absolute atomic E-state index is 11.1. The van der Waals surface area contributed by atoms with Crippen molar-refractivity contribution in [2.75, 3.05) is 32.4 Å². The molecule has 1 aliphatic heterocycles. The van der Waals surface area contributed by atoms with Gasteiger partial charge in [-0.25, -0.2) is 12.7 Å². The van der Waals surface area contributed by atoms with Gasteiger partial charge in [-0.15, -0.1) is 0 Å². The zero-order valence-corrected chi connectivity index (χ0v) is 8.23. The minimum absolute atomic E-state index is 0.610. The molecule has 0 unspecified atom stereocenters. The Balaban J connectivity index is 2.51. The quantitative estimate of drug-likeness (QED) is 0.617. The van der Waals surface area contributed by atoms with Crippen molar-refractivity contribution in [2.24, 2.45) is 0 Å². The molecule has 12 heavy (non-hydrogen) atoms.